The predicted molar refractivity (Wildman–Crippen MR) is 85.6 cm³/mol. The van der Waals surface area contributed by atoms with E-state index in [1.165, 1.54) is 0 Å². The molecular formula is C17H17N3O3. The second-order valence-electron chi connectivity index (χ2n) is 5.02. The van der Waals surface area contributed by atoms with Crippen LogP contribution in [0.2, 0.25) is 0 Å². The molecule has 3 aromatic rings. The first-order valence-corrected chi connectivity index (χ1v) is 7.30. The summed E-state index contributed by atoms with van der Waals surface area (Å²) >= 11 is 0. The van der Waals surface area contributed by atoms with Crippen LogP contribution in [0.25, 0.3) is 10.8 Å². The maximum absolute atomic E-state index is 11.0. The van der Waals surface area contributed by atoms with E-state index in [0.717, 1.165) is 16.5 Å². The number of hydrogen-bond donors (Lipinski definition) is 0. The molecule has 2 aromatic carbocycles. The number of ether oxygens (including phenoxy) is 2. The summed E-state index contributed by atoms with van der Waals surface area (Å²) in [5.41, 5.74) is 0.959. The lowest BCUT2D eigenvalue weighted by atomic mass is 10.1. The van der Waals surface area contributed by atoms with Gasteiger partial charge in [0.15, 0.2) is 12.0 Å². The fraction of sp³-hybridized carbons (Fsp3) is 0.235. The topological polar surface area (TPSA) is 66.2 Å². The number of fused-ring (bicyclic) bond motifs is 1. The second kappa shape index (κ2) is 7.02. The molecule has 118 valence electrons. The van der Waals surface area contributed by atoms with Crippen LogP contribution in [0, 0.1) is 0 Å². The van der Waals surface area contributed by atoms with Gasteiger partial charge in [0, 0.05) is 12.5 Å². The molecule has 0 radical (unpaired) electrons. The van der Waals surface area contributed by atoms with Gasteiger partial charge >= 0.3 is 0 Å². The van der Waals surface area contributed by atoms with Crippen molar-refractivity contribution in [3.05, 3.63) is 53.9 Å². The first-order chi connectivity index (χ1) is 11.3. The van der Waals surface area contributed by atoms with Crippen molar-refractivity contribution in [2.24, 2.45) is 0 Å². The van der Waals surface area contributed by atoms with Gasteiger partial charge in [0.25, 0.3) is 0 Å². The first-order valence-electron chi connectivity index (χ1n) is 7.30. The van der Waals surface area contributed by atoms with Gasteiger partial charge in [0.1, 0.15) is 12.4 Å². The summed E-state index contributed by atoms with van der Waals surface area (Å²) in [6.07, 6.45) is 0.684. The van der Waals surface area contributed by atoms with Crippen LogP contribution in [0.1, 0.15) is 16.2 Å². The maximum atomic E-state index is 11.0. The van der Waals surface area contributed by atoms with Crippen LogP contribution in [0.4, 0.5) is 0 Å². The number of aldehydes is 1. The summed E-state index contributed by atoms with van der Waals surface area (Å²) in [7, 11) is 1.57. The number of rotatable bonds is 7. The second-order valence-corrected chi connectivity index (χ2v) is 5.02. The van der Waals surface area contributed by atoms with Crippen LogP contribution in [0.3, 0.4) is 0 Å². The summed E-state index contributed by atoms with van der Waals surface area (Å²) < 4.78 is 12.6. The molecule has 0 saturated carbocycles. The van der Waals surface area contributed by atoms with Crippen molar-refractivity contribution in [2.75, 3.05) is 13.7 Å². The highest BCUT2D eigenvalue weighted by molar-refractivity contribution is 5.88. The third-order valence-corrected chi connectivity index (χ3v) is 3.57. The molecule has 0 saturated heterocycles. The highest BCUT2D eigenvalue weighted by Crippen LogP contribution is 2.25. The van der Waals surface area contributed by atoms with Crippen LogP contribution < -0.4 is 4.74 Å². The van der Waals surface area contributed by atoms with E-state index in [4.69, 9.17) is 9.47 Å². The zero-order chi connectivity index (χ0) is 16.1. The van der Waals surface area contributed by atoms with Gasteiger partial charge in [-0.1, -0.05) is 41.6 Å². The van der Waals surface area contributed by atoms with E-state index in [1.807, 2.05) is 42.5 Å². The van der Waals surface area contributed by atoms with Crippen LogP contribution >= 0.6 is 0 Å². The fourth-order valence-electron chi connectivity index (χ4n) is 2.47. The number of carbonyl (C=O) groups excluding carboxylic acids is 1. The Kier molecular flexibility index (Phi) is 4.63. The third-order valence-electron chi connectivity index (χ3n) is 3.57. The number of hydrogen-bond acceptors (Lipinski definition) is 5. The normalized spacial score (nSPS) is 10.8. The lowest BCUT2D eigenvalue weighted by Gasteiger charge is -2.10. The minimum absolute atomic E-state index is 0.287. The quantitative estimate of drug-likeness (QED) is 0.627. The Morgan fingerprint density at radius 1 is 1.17 bits per heavy atom. The zero-order valence-electron chi connectivity index (χ0n) is 12.8. The molecule has 0 amide bonds. The largest absolute Gasteiger partial charge is 0.491 e. The van der Waals surface area contributed by atoms with E-state index in [2.05, 4.69) is 10.3 Å². The molecule has 0 spiro atoms. The molecule has 0 bridgehead atoms. The fourth-order valence-corrected chi connectivity index (χ4v) is 2.47. The average Bonchev–Trinajstić information content (AvgIpc) is 2.97. The Bertz CT molecular complexity index is 808. The van der Waals surface area contributed by atoms with Crippen LogP contribution in [0.5, 0.6) is 5.75 Å². The van der Waals surface area contributed by atoms with E-state index >= 15 is 0 Å². The zero-order valence-corrected chi connectivity index (χ0v) is 12.8. The smallest absolute Gasteiger partial charge is 0.172 e. The lowest BCUT2D eigenvalue weighted by molar-refractivity contribution is 0.111. The minimum Gasteiger partial charge on any atom is -0.491 e. The van der Waals surface area contributed by atoms with Crippen LogP contribution in [-0.4, -0.2) is 35.0 Å². The summed E-state index contributed by atoms with van der Waals surface area (Å²) in [4.78, 5) is 11.0. The third kappa shape index (κ3) is 3.22. The van der Waals surface area contributed by atoms with Gasteiger partial charge in [-0.2, -0.15) is 0 Å². The van der Waals surface area contributed by atoms with Crippen LogP contribution in [-0.2, 0) is 17.9 Å². The Hall–Kier alpha value is -2.73. The Labute approximate surface area is 133 Å². The lowest BCUT2D eigenvalue weighted by Crippen LogP contribution is -2.13. The van der Waals surface area contributed by atoms with Gasteiger partial charge in [-0.05, 0) is 11.5 Å². The van der Waals surface area contributed by atoms with Crippen LogP contribution in [0.15, 0.2) is 42.5 Å². The number of benzene rings is 2. The Balaban J connectivity index is 1.72. The SMILES string of the molecule is COCc1c(C=O)nnn1CCOc1cccc2ccccc12. The van der Waals surface area contributed by atoms with Crippen molar-refractivity contribution >= 4 is 17.1 Å². The molecule has 0 aliphatic rings. The van der Waals surface area contributed by atoms with Crippen molar-refractivity contribution in [3.63, 3.8) is 0 Å². The van der Waals surface area contributed by atoms with Gasteiger partial charge in [-0.3, -0.25) is 4.79 Å². The molecule has 3 rings (SSSR count). The Morgan fingerprint density at radius 3 is 2.83 bits per heavy atom. The van der Waals surface area contributed by atoms with Crippen molar-refractivity contribution in [2.45, 2.75) is 13.2 Å². The van der Waals surface area contributed by atoms with Gasteiger partial charge in [-0.25, -0.2) is 4.68 Å². The highest BCUT2D eigenvalue weighted by Gasteiger charge is 2.12. The number of carbonyl (C=O) groups is 1. The summed E-state index contributed by atoms with van der Waals surface area (Å²) in [6.45, 7) is 1.20. The van der Waals surface area contributed by atoms with Crippen molar-refractivity contribution in [1.82, 2.24) is 15.0 Å². The predicted octanol–water partition coefficient (Wildman–Crippen LogP) is 2.47. The van der Waals surface area contributed by atoms with Crippen molar-refractivity contribution in [3.8, 4) is 5.75 Å². The van der Waals surface area contributed by atoms with Gasteiger partial charge in [0.2, 0.25) is 0 Å². The molecule has 0 N–H and O–H groups in total. The molecule has 23 heavy (non-hydrogen) atoms. The summed E-state index contributed by atoms with van der Waals surface area (Å²) in [5.74, 6) is 0.826. The maximum Gasteiger partial charge on any atom is 0.172 e. The molecule has 6 heteroatoms. The molecule has 0 fully saturated rings. The van der Waals surface area contributed by atoms with E-state index in [0.29, 0.717) is 30.8 Å². The average molecular weight is 311 g/mol. The molecule has 0 aliphatic carbocycles. The standard InChI is InChI=1S/C17H17N3O3/c1-22-12-16-15(11-21)18-19-20(16)9-10-23-17-8-4-6-13-5-2-3-7-14(13)17/h2-8,11H,9-10,12H2,1H3. The summed E-state index contributed by atoms with van der Waals surface area (Å²) in [5, 5.41) is 10.0. The minimum atomic E-state index is 0.287. The number of aromatic nitrogens is 3. The summed E-state index contributed by atoms with van der Waals surface area (Å²) in [6, 6.07) is 14.0. The Morgan fingerprint density at radius 2 is 2.00 bits per heavy atom. The number of methoxy groups -OCH3 is 1. The van der Waals surface area contributed by atoms with Crippen molar-refractivity contribution in [1.29, 1.82) is 0 Å². The molecule has 1 aromatic heterocycles. The van der Waals surface area contributed by atoms with Crippen molar-refractivity contribution < 1.29 is 14.3 Å². The molecule has 1 heterocycles. The molecule has 0 atom stereocenters. The highest BCUT2D eigenvalue weighted by atomic mass is 16.5. The van der Waals surface area contributed by atoms with E-state index in [9.17, 15) is 4.79 Å². The molecule has 0 aliphatic heterocycles. The molecule has 0 unspecified atom stereocenters. The van der Waals surface area contributed by atoms with E-state index in [-0.39, 0.29) is 6.61 Å². The van der Waals surface area contributed by atoms with Gasteiger partial charge in [0.05, 0.1) is 18.8 Å². The van der Waals surface area contributed by atoms with E-state index < -0.39 is 0 Å². The molecule has 6 nitrogen and oxygen atoms in total. The van der Waals surface area contributed by atoms with Gasteiger partial charge < -0.3 is 9.47 Å². The number of nitrogens with zero attached hydrogens (tertiary/aromatic N) is 3. The monoisotopic (exact) mass is 311 g/mol. The van der Waals surface area contributed by atoms with Gasteiger partial charge in [-0.15, -0.1) is 5.10 Å². The first kappa shape index (κ1) is 15.2. The molecular weight excluding hydrogens is 294 g/mol. The van der Waals surface area contributed by atoms with E-state index in [1.54, 1.807) is 11.8 Å².